The molecule has 3 aromatic carbocycles. The average molecular weight is 399 g/mol. The predicted molar refractivity (Wildman–Crippen MR) is 118 cm³/mol. The molecule has 0 aliphatic carbocycles. The molecule has 0 unspecified atom stereocenters. The number of amides is 1. The molecule has 0 atom stereocenters. The molecule has 150 valence electrons. The van der Waals surface area contributed by atoms with Crippen molar-refractivity contribution in [2.24, 2.45) is 0 Å². The molecule has 1 heterocycles. The van der Waals surface area contributed by atoms with Crippen LogP contribution in [-0.2, 0) is 11.3 Å². The van der Waals surface area contributed by atoms with Gasteiger partial charge in [-0.1, -0.05) is 42.5 Å². The minimum atomic E-state index is -0.270. The third-order valence-electron chi connectivity index (χ3n) is 4.75. The molecule has 30 heavy (non-hydrogen) atoms. The van der Waals surface area contributed by atoms with Crippen LogP contribution in [0.5, 0.6) is 11.5 Å². The summed E-state index contributed by atoms with van der Waals surface area (Å²) >= 11 is 0. The highest BCUT2D eigenvalue weighted by molar-refractivity contribution is 6.07. The van der Waals surface area contributed by atoms with Crippen LogP contribution in [0.25, 0.3) is 17.0 Å². The van der Waals surface area contributed by atoms with E-state index in [9.17, 15) is 9.90 Å². The van der Waals surface area contributed by atoms with Crippen LogP contribution in [0.15, 0.2) is 79.0 Å². The Bertz CT molecular complexity index is 1210. The normalized spacial score (nSPS) is 11.1. The number of hydrogen-bond acceptors (Lipinski definition) is 4. The van der Waals surface area contributed by atoms with Gasteiger partial charge >= 0.3 is 0 Å². The lowest BCUT2D eigenvalue weighted by Gasteiger charge is -2.07. The number of phenols is 1. The fourth-order valence-corrected chi connectivity index (χ4v) is 3.25. The van der Waals surface area contributed by atoms with E-state index >= 15 is 0 Å². The fourth-order valence-electron chi connectivity index (χ4n) is 3.25. The molecule has 0 fully saturated rings. The number of carbonyl (C=O) groups is 1. The number of aromatic nitrogens is 2. The van der Waals surface area contributed by atoms with Gasteiger partial charge in [0, 0.05) is 11.5 Å². The van der Waals surface area contributed by atoms with Gasteiger partial charge in [-0.05, 0) is 41.5 Å². The average Bonchev–Trinajstić information content (AvgIpc) is 3.17. The van der Waals surface area contributed by atoms with E-state index in [2.05, 4.69) is 22.5 Å². The summed E-state index contributed by atoms with van der Waals surface area (Å²) in [7, 11) is 1.49. The van der Waals surface area contributed by atoms with E-state index in [4.69, 9.17) is 4.74 Å². The fraction of sp³-hybridized carbons (Fsp3) is 0.0833. The number of ether oxygens (including phenoxy) is 1. The van der Waals surface area contributed by atoms with E-state index < -0.39 is 0 Å². The van der Waals surface area contributed by atoms with Gasteiger partial charge in [0.05, 0.1) is 31.1 Å². The minimum Gasteiger partial charge on any atom is -0.504 e. The Morgan fingerprint density at radius 1 is 1.13 bits per heavy atom. The Morgan fingerprint density at radius 3 is 2.73 bits per heavy atom. The molecule has 4 rings (SSSR count). The summed E-state index contributed by atoms with van der Waals surface area (Å²) < 4.78 is 6.94. The maximum atomic E-state index is 12.4. The number of methoxy groups -OCH3 is 1. The molecule has 0 saturated carbocycles. The molecule has 4 aromatic rings. The maximum Gasteiger partial charge on any atom is 0.248 e. The van der Waals surface area contributed by atoms with Crippen LogP contribution in [-0.4, -0.2) is 27.9 Å². The zero-order chi connectivity index (χ0) is 20.9. The number of carbonyl (C=O) groups excluding carboxylic acids is 1. The van der Waals surface area contributed by atoms with Gasteiger partial charge < -0.3 is 15.2 Å². The molecule has 0 bridgehead atoms. The monoisotopic (exact) mass is 399 g/mol. The smallest absolute Gasteiger partial charge is 0.248 e. The molecule has 0 aliphatic heterocycles. The third-order valence-corrected chi connectivity index (χ3v) is 4.75. The molecular formula is C24H21N3O3. The first-order valence-electron chi connectivity index (χ1n) is 9.48. The largest absolute Gasteiger partial charge is 0.504 e. The van der Waals surface area contributed by atoms with Crippen molar-refractivity contribution in [1.82, 2.24) is 9.78 Å². The first-order chi connectivity index (χ1) is 14.6. The predicted octanol–water partition coefficient (Wildman–Crippen LogP) is 4.45. The Balaban J connectivity index is 1.51. The summed E-state index contributed by atoms with van der Waals surface area (Å²) in [5.41, 5.74) is 3.49. The summed E-state index contributed by atoms with van der Waals surface area (Å²) in [6.45, 7) is 0.655. The van der Waals surface area contributed by atoms with Gasteiger partial charge in [-0.2, -0.15) is 5.10 Å². The highest BCUT2D eigenvalue weighted by Gasteiger charge is 2.09. The topological polar surface area (TPSA) is 76.4 Å². The Labute approximate surface area is 174 Å². The van der Waals surface area contributed by atoms with Crippen molar-refractivity contribution in [3.05, 3.63) is 90.1 Å². The van der Waals surface area contributed by atoms with Gasteiger partial charge in [0.1, 0.15) is 0 Å². The molecule has 1 aromatic heterocycles. The molecule has 2 N–H and O–H groups in total. The van der Waals surface area contributed by atoms with Crippen LogP contribution >= 0.6 is 0 Å². The van der Waals surface area contributed by atoms with Crippen LogP contribution in [0.4, 0.5) is 5.69 Å². The van der Waals surface area contributed by atoms with Gasteiger partial charge in [-0.25, -0.2) is 0 Å². The summed E-state index contributed by atoms with van der Waals surface area (Å²) in [5.74, 6) is 0.139. The highest BCUT2D eigenvalue weighted by Crippen LogP contribution is 2.27. The zero-order valence-corrected chi connectivity index (χ0v) is 16.4. The number of aromatic hydroxyl groups is 1. The van der Waals surface area contributed by atoms with Gasteiger partial charge in [-0.3, -0.25) is 9.48 Å². The van der Waals surface area contributed by atoms with E-state index in [0.717, 1.165) is 16.5 Å². The zero-order valence-electron chi connectivity index (χ0n) is 16.4. The number of fused-ring (bicyclic) bond motifs is 1. The minimum absolute atomic E-state index is 0.0238. The van der Waals surface area contributed by atoms with Crippen molar-refractivity contribution in [3.63, 3.8) is 0 Å². The molecule has 1 amide bonds. The van der Waals surface area contributed by atoms with Gasteiger partial charge in [0.2, 0.25) is 5.91 Å². The molecule has 0 radical (unpaired) electrons. The highest BCUT2D eigenvalue weighted by atomic mass is 16.5. The van der Waals surface area contributed by atoms with Gasteiger partial charge in [0.15, 0.2) is 11.5 Å². The van der Waals surface area contributed by atoms with Crippen LogP contribution in [0.2, 0.25) is 0 Å². The van der Waals surface area contributed by atoms with E-state index in [1.165, 1.54) is 19.3 Å². The number of phenolic OH excluding ortho intramolecular Hbond substituents is 1. The summed E-state index contributed by atoms with van der Waals surface area (Å²) in [6.07, 6.45) is 4.82. The summed E-state index contributed by atoms with van der Waals surface area (Å²) in [5, 5.41) is 18.1. The Morgan fingerprint density at radius 2 is 1.97 bits per heavy atom. The second-order valence-electron chi connectivity index (χ2n) is 6.78. The number of anilines is 1. The van der Waals surface area contributed by atoms with Crippen molar-refractivity contribution in [2.75, 3.05) is 12.4 Å². The summed E-state index contributed by atoms with van der Waals surface area (Å²) in [6, 6.07) is 20.8. The van der Waals surface area contributed by atoms with Crippen LogP contribution in [0, 0.1) is 0 Å². The first kappa shape index (κ1) is 19.3. The number of benzene rings is 3. The van der Waals surface area contributed by atoms with Gasteiger partial charge in [-0.15, -0.1) is 0 Å². The van der Waals surface area contributed by atoms with Crippen molar-refractivity contribution in [2.45, 2.75) is 6.54 Å². The maximum absolute atomic E-state index is 12.4. The lowest BCUT2D eigenvalue weighted by molar-refractivity contribution is -0.111. The van der Waals surface area contributed by atoms with E-state index in [1.54, 1.807) is 24.4 Å². The molecule has 0 spiro atoms. The van der Waals surface area contributed by atoms with Crippen LogP contribution in [0.3, 0.4) is 0 Å². The van der Waals surface area contributed by atoms with E-state index in [1.807, 2.05) is 41.1 Å². The molecule has 0 saturated heterocycles. The summed E-state index contributed by atoms with van der Waals surface area (Å²) in [4.78, 5) is 12.4. The third kappa shape index (κ3) is 4.17. The van der Waals surface area contributed by atoms with Crippen molar-refractivity contribution in [3.8, 4) is 11.5 Å². The molecular weight excluding hydrogens is 378 g/mol. The van der Waals surface area contributed by atoms with Gasteiger partial charge in [0.25, 0.3) is 0 Å². The number of nitrogens with one attached hydrogen (secondary N) is 1. The Kier molecular flexibility index (Phi) is 5.48. The van der Waals surface area contributed by atoms with E-state index in [-0.39, 0.29) is 11.7 Å². The van der Waals surface area contributed by atoms with Crippen molar-refractivity contribution in [1.29, 1.82) is 0 Å². The lowest BCUT2D eigenvalue weighted by atomic mass is 10.2. The first-order valence-corrected chi connectivity index (χ1v) is 9.48. The van der Waals surface area contributed by atoms with E-state index in [0.29, 0.717) is 23.5 Å². The number of hydrogen-bond donors (Lipinski definition) is 2. The molecule has 6 nitrogen and oxygen atoms in total. The lowest BCUT2D eigenvalue weighted by Crippen LogP contribution is -2.08. The quantitative estimate of drug-likeness (QED) is 0.470. The number of rotatable bonds is 6. The Hall–Kier alpha value is -4.06. The van der Waals surface area contributed by atoms with Crippen LogP contribution < -0.4 is 10.1 Å². The van der Waals surface area contributed by atoms with Crippen molar-refractivity contribution >= 4 is 28.6 Å². The number of nitrogens with zero attached hydrogens (tertiary/aromatic N) is 2. The standard InChI is InChI=1S/C24H21N3O3/c1-30-23-12-10-17(14-22(23)28)11-13-24(29)26-20-8-5-9-21-19(20)15-25-27(21)16-18-6-3-2-4-7-18/h2-15,28H,16H2,1H3,(H,26,29)/b13-11+. The van der Waals surface area contributed by atoms with Crippen molar-refractivity contribution < 1.29 is 14.6 Å². The second-order valence-corrected chi connectivity index (χ2v) is 6.78. The molecule has 6 heteroatoms. The second kappa shape index (κ2) is 8.53. The SMILES string of the molecule is COc1ccc(/C=C/C(=O)Nc2cccc3c2cnn3Cc2ccccc2)cc1O. The van der Waals surface area contributed by atoms with Crippen LogP contribution in [0.1, 0.15) is 11.1 Å². The molecule has 0 aliphatic rings.